The fraction of sp³-hybridized carbons (Fsp3) is 0.512. The number of halogens is 1. The van der Waals surface area contributed by atoms with E-state index < -0.39 is 95.9 Å². The minimum absolute atomic E-state index is 0.0213. The van der Waals surface area contributed by atoms with Crippen LogP contribution in [-0.2, 0) is 44.0 Å². The van der Waals surface area contributed by atoms with Crippen molar-refractivity contribution in [1.82, 2.24) is 14.6 Å². The summed E-state index contributed by atoms with van der Waals surface area (Å²) in [7, 11) is -4.58. The monoisotopic (exact) mass is 892 g/mol. The van der Waals surface area contributed by atoms with Gasteiger partial charge in [-0.15, -0.1) is 11.8 Å². The summed E-state index contributed by atoms with van der Waals surface area (Å²) >= 11 is 0.777. The van der Waals surface area contributed by atoms with E-state index in [0.717, 1.165) is 28.6 Å². The number of imide groups is 1. The normalized spacial score (nSPS) is 19.5. The van der Waals surface area contributed by atoms with Gasteiger partial charge in [0.05, 0.1) is 18.5 Å². The van der Waals surface area contributed by atoms with E-state index in [-0.39, 0.29) is 18.8 Å². The Morgan fingerprint density at radius 3 is 1.95 bits per heavy atom. The predicted octanol–water partition coefficient (Wildman–Crippen LogP) is 8.16. The maximum atomic E-state index is 16.7. The molecular formula is C41H54FN4O13PS. The van der Waals surface area contributed by atoms with E-state index in [4.69, 9.17) is 32.7 Å². The standard InChI is InChI=1S/C41H54FN4O13PS/c1-11-53-34(47)28(24-26-18-14-12-15-19-26)44-60(52,59-27-20-16-13-17-21-27)54-25-29-32(55-38(51)58-41(8,9)10)31(42)33(61-29)45-23-22-30(43-35(45)48)46(36(49)56-39(2,3)4)37(50)57-40(5,6)7/h12-23,28-29,31-33H,11,24-25H2,1-10H3,(H,44,52)/t28-,29+,31-,32+,33+,60?/m0/s1. The molecule has 1 fully saturated rings. The largest absolute Gasteiger partial charge is 0.509 e. The first-order chi connectivity index (χ1) is 28.4. The van der Waals surface area contributed by atoms with Crippen LogP contribution in [0.25, 0.3) is 0 Å². The lowest BCUT2D eigenvalue weighted by Gasteiger charge is -2.28. The van der Waals surface area contributed by atoms with E-state index in [1.807, 2.05) is 0 Å². The number of alkyl halides is 1. The molecule has 0 spiro atoms. The third kappa shape index (κ3) is 14.9. The highest BCUT2D eigenvalue weighted by atomic mass is 32.2. The van der Waals surface area contributed by atoms with Crippen LogP contribution in [0.2, 0.25) is 0 Å². The number of amides is 2. The SMILES string of the molecule is CCOC(=O)[C@H](Cc1ccccc1)NP(=O)(OC[C@H]1S[C@@H](n2ccc(N(C(=O)OC(C)(C)C)C(=O)OC(C)(C)C)nc2=O)[C@@H](F)[C@@H]1OC(=O)OC(C)(C)C)Oc1ccccc1. The molecule has 4 rings (SSSR count). The zero-order chi connectivity index (χ0) is 45.3. The lowest BCUT2D eigenvalue weighted by molar-refractivity contribution is -0.145. The number of carbonyl (C=O) groups is 4. The number of aromatic nitrogens is 2. The van der Waals surface area contributed by atoms with Gasteiger partial charge in [0.2, 0.25) is 0 Å². The van der Waals surface area contributed by atoms with Gasteiger partial charge in [-0.05, 0) is 99.4 Å². The minimum atomic E-state index is -4.58. The number of nitrogens with zero attached hydrogens (tertiary/aromatic N) is 3. The molecule has 1 aromatic heterocycles. The summed E-state index contributed by atoms with van der Waals surface area (Å²) in [4.78, 5) is 70.7. The molecule has 1 aliphatic rings. The number of benzene rings is 2. The number of thioether (sulfide) groups is 1. The number of hydrogen-bond acceptors (Lipinski definition) is 15. The van der Waals surface area contributed by atoms with Crippen LogP contribution in [0.3, 0.4) is 0 Å². The molecular weight excluding hydrogens is 839 g/mol. The van der Waals surface area contributed by atoms with Crippen molar-refractivity contribution in [3.8, 4) is 5.75 Å². The van der Waals surface area contributed by atoms with Crippen LogP contribution in [-0.4, -0.2) is 87.4 Å². The number of rotatable bonds is 14. The fourth-order valence-electron chi connectivity index (χ4n) is 5.52. The van der Waals surface area contributed by atoms with Gasteiger partial charge in [0, 0.05) is 6.20 Å². The Labute approximate surface area is 358 Å². The van der Waals surface area contributed by atoms with Gasteiger partial charge in [0.1, 0.15) is 34.0 Å². The molecule has 2 aromatic carbocycles. The number of nitrogens with one attached hydrogen (secondary N) is 1. The average Bonchev–Trinajstić information content (AvgIpc) is 3.43. The lowest BCUT2D eigenvalue weighted by atomic mass is 10.1. The molecule has 20 heteroatoms. The maximum absolute atomic E-state index is 16.7. The van der Waals surface area contributed by atoms with E-state index in [0.29, 0.717) is 10.5 Å². The van der Waals surface area contributed by atoms with Gasteiger partial charge in [-0.25, -0.2) is 28.1 Å². The van der Waals surface area contributed by atoms with Gasteiger partial charge in [-0.3, -0.25) is 13.9 Å². The highest BCUT2D eigenvalue weighted by Crippen LogP contribution is 2.50. The summed E-state index contributed by atoms with van der Waals surface area (Å²) in [5.41, 5.74) is -3.55. The third-order valence-corrected chi connectivity index (χ3v) is 11.0. The van der Waals surface area contributed by atoms with Crippen LogP contribution in [0.15, 0.2) is 77.7 Å². The van der Waals surface area contributed by atoms with Gasteiger partial charge in [-0.2, -0.15) is 15.0 Å². The van der Waals surface area contributed by atoms with Crippen molar-refractivity contribution in [3.63, 3.8) is 0 Å². The first-order valence-electron chi connectivity index (χ1n) is 19.4. The molecule has 0 saturated carbocycles. The highest BCUT2D eigenvalue weighted by molar-refractivity contribution is 8.00. The number of ether oxygens (including phenoxy) is 5. The smallest absolute Gasteiger partial charge is 0.465 e. The molecule has 6 atom stereocenters. The molecule has 2 amide bonds. The van der Waals surface area contributed by atoms with E-state index in [1.165, 1.54) is 12.1 Å². The summed E-state index contributed by atoms with van der Waals surface area (Å²) < 4.78 is 71.0. The fourth-order valence-corrected chi connectivity index (χ4v) is 8.60. The van der Waals surface area contributed by atoms with Crippen LogP contribution in [0.4, 0.5) is 24.6 Å². The summed E-state index contributed by atoms with van der Waals surface area (Å²) in [5.74, 6) is -1.11. The second-order valence-corrected chi connectivity index (χ2v) is 19.7. The second-order valence-electron chi connectivity index (χ2n) is 16.6. The van der Waals surface area contributed by atoms with Crippen molar-refractivity contribution in [2.75, 3.05) is 18.1 Å². The lowest BCUT2D eigenvalue weighted by Crippen LogP contribution is -2.45. The number of para-hydroxylation sites is 1. The Morgan fingerprint density at radius 1 is 0.869 bits per heavy atom. The van der Waals surface area contributed by atoms with Gasteiger partial charge < -0.3 is 28.2 Å². The molecule has 1 saturated heterocycles. The Balaban J connectivity index is 1.70. The summed E-state index contributed by atoms with van der Waals surface area (Å²) in [6.45, 7) is 15.2. The summed E-state index contributed by atoms with van der Waals surface area (Å²) in [5, 5.41) is 0.0547. The highest BCUT2D eigenvalue weighted by Gasteiger charge is 2.50. The summed E-state index contributed by atoms with van der Waals surface area (Å²) in [6, 6.07) is 16.7. The molecule has 3 aromatic rings. The van der Waals surface area contributed by atoms with Crippen LogP contribution in [0.1, 0.15) is 80.2 Å². The third-order valence-electron chi connectivity index (χ3n) is 7.90. The van der Waals surface area contributed by atoms with Gasteiger partial charge in [-0.1, -0.05) is 48.5 Å². The zero-order valence-electron chi connectivity index (χ0n) is 35.8. The Bertz CT molecular complexity index is 2060. The van der Waals surface area contributed by atoms with E-state index in [1.54, 1.807) is 118 Å². The van der Waals surface area contributed by atoms with Crippen LogP contribution in [0, 0.1) is 0 Å². The second kappa shape index (κ2) is 20.3. The van der Waals surface area contributed by atoms with Crippen LogP contribution in [0.5, 0.6) is 5.75 Å². The molecule has 0 radical (unpaired) electrons. The van der Waals surface area contributed by atoms with Gasteiger partial charge in [0.15, 0.2) is 18.1 Å². The Hall–Kier alpha value is -4.97. The number of carbonyl (C=O) groups excluding carboxylic acids is 4. The van der Waals surface area contributed by atoms with Crippen LogP contribution >= 0.6 is 19.5 Å². The number of hydrogen-bond donors (Lipinski definition) is 1. The molecule has 0 aliphatic carbocycles. The van der Waals surface area contributed by atoms with Crippen molar-refractivity contribution in [2.45, 2.75) is 121 Å². The van der Waals surface area contributed by atoms with Crippen molar-refractivity contribution >= 4 is 49.6 Å². The molecule has 61 heavy (non-hydrogen) atoms. The maximum Gasteiger partial charge on any atom is 0.509 e. The Morgan fingerprint density at radius 2 is 1.43 bits per heavy atom. The predicted molar refractivity (Wildman–Crippen MR) is 224 cm³/mol. The summed E-state index contributed by atoms with van der Waals surface area (Å²) in [6.07, 6.45) is -6.29. The van der Waals surface area contributed by atoms with Gasteiger partial charge >= 0.3 is 37.7 Å². The first kappa shape index (κ1) is 48.7. The van der Waals surface area contributed by atoms with Crippen LogP contribution < -0.4 is 20.2 Å². The topological polar surface area (TPSA) is 200 Å². The molecule has 334 valence electrons. The van der Waals surface area contributed by atoms with E-state index >= 15 is 4.39 Å². The average molecular weight is 893 g/mol. The van der Waals surface area contributed by atoms with Crippen molar-refractivity contribution in [2.24, 2.45) is 0 Å². The molecule has 17 nitrogen and oxygen atoms in total. The van der Waals surface area contributed by atoms with Gasteiger partial charge in [0.25, 0.3) is 0 Å². The quantitative estimate of drug-likeness (QED) is 0.0922. The van der Waals surface area contributed by atoms with Crippen molar-refractivity contribution < 1.29 is 60.9 Å². The number of esters is 1. The first-order valence-corrected chi connectivity index (χ1v) is 21.9. The molecule has 1 aliphatic heterocycles. The molecule has 2 heterocycles. The Kier molecular flexibility index (Phi) is 16.2. The molecule has 1 N–H and O–H groups in total. The van der Waals surface area contributed by atoms with E-state index in [2.05, 4.69) is 10.1 Å². The molecule has 1 unspecified atom stereocenters. The van der Waals surface area contributed by atoms with E-state index in [9.17, 15) is 28.5 Å². The molecule has 0 bridgehead atoms. The minimum Gasteiger partial charge on any atom is -0.465 e. The van der Waals surface area contributed by atoms with Crippen molar-refractivity contribution in [3.05, 3.63) is 89.0 Å². The zero-order valence-corrected chi connectivity index (χ0v) is 37.5. The number of anilines is 1. The van der Waals surface area contributed by atoms with Crippen molar-refractivity contribution in [1.29, 1.82) is 0 Å².